The maximum atomic E-state index is 14.4. The van der Waals surface area contributed by atoms with Crippen molar-refractivity contribution in [2.75, 3.05) is 31.6 Å². The van der Waals surface area contributed by atoms with Crippen molar-refractivity contribution in [3.8, 4) is 0 Å². The molecule has 4 nitrogen and oxygen atoms in total. The first-order valence-electron chi connectivity index (χ1n) is 7.58. The van der Waals surface area contributed by atoms with Crippen molar-refractivity contribution >= 4 is 5.82 Å². The Labute approximate surface area is 127 Å². The zero-order valence-corrected chi connectivity index (χ0v) is 13.8. The van der Waals surface area contributed by atoms with E-state index in [2.05, 4.69) is 24.1 Å². The van der Waals surface area contributed by atoms with Crippen LogP contribution in [0.3, 0.4) is 0 Å². The van der Waals surface area contributed by atoms with Crippen LogP contribution in [0.15, 0.2) is 12.3 Å². The highest BCUT2D eigenvalue weighted by molar-refractivity contribution is 5.42. The largest absolute Gasteiger partial charge is 0.377 e. The molecule has 1 heterocycles. The maximum absolute atomic E-state index is 14.4. The van der Waals surface area contributed by atoms with Gasteiger partial charge in [0.15, 0.2) is 11.6 Å². The summed E-state index contributed by atoms with van der Waals surface area (Å²) < 4.78 is 19.9. The number of hydrogen-bond donors (Lipinski definition) is 1. The second kappa shape index (κ2) is 8.95. The van der Waals surface area contributed by atoms with Crippen LogP contribution < -0.4 is 10.2 Å². The van der Waals surface area contributed by atoms with Gasteiger partial charge in [-0.25, -0.2) is 9.37 Å². The van der Waals surface area contributed by atoms with Gasteiger partial charge >= 0.3 is 0 Å². The first kappa shape index (κ1) is 17.9. The van der Waals surface area contributed by atoms with Crippen LogP contribution in [0.4, 0.5) is 10.2 Å². The Morgan fingerprint density at radius 3 is 2.67 bits per heavy atom. The SMILES string of the molecule is CC(C)CNCc1ccnc(N(C)CCOC(C)C)c1F. The van der Waals surface area contributed by atoms with Gasteiger partial charge in [-0.1, -0.05) is 13.8 Å². The lowest BCUT2D eigenvalue weighted by Crippen LogP contribution is -2.26. The Bertz CT molecular complexity index is 424. The molecule has 0 atom stereocenters. The molecular formula is C16H28FN3O. The Balaban J connectivity index is 2.61. The van der Waals surface area contributed by atoms with Crippen LogP contribution in [-0.2, 0) is 11.3 Å². The summed E-state index contributed by atoms with van der Waals surface area (Å²) in [5, 5.41) is 3.26. The molecule has 0 bridgehead atoms. The molecule has 0 unspecified atom stereocenters. The maximum Gasteiger partial charge on any atom is 0.170 e. The molecule has 1 aromatic heterocycles. The minimum atomic E-state index is -0.249. The van der Waals surface area contributed by atoms with Crippen molar-refractivity contribution in [1.82, 2.24) is 10.3 Å². The summed E-state index contributed by atoms with van der Waals surface area (Å²) in [5.41, 5.74) is 0.650. The molecule has 0 saturated carbocycles. The number of likely N-dealkylation sites (N-methyl/N-ethyl adjacent to an activating group) is 1. The topological polar surface area (TPSA) is 37.4 Å². The number of hydrogen-bond acceptors (Lipinski definition) is 4. The summed E-state index contributed by atoms with van der Waals surface area (Å²) in [6.45, 7) is 10.8. The van der Waals surface area contributed by atoms with Gasteiger partial charge in [-0.2, -0.15) is 0 Å². The average molecular weight is 297 g/mol. The van der Waals surface area contributed by atoms with Gasteiger partial charge in [-0.15, -0.1) is 0 Å². The fourth-order valence-corrected chi connectivity index (χ4v) is 1.90. The molecule has 0 aliphatic carbocycles. The Hall–Kier alpha value is -1.20. The quantitative estimate of drug-likeness (QED) is 0.760. The molecule has 1 aromatic rings. The lowest BCUT2D eigenvalue weighted by atomic mass is 10.2. The molecule has 0 fully saturated rings. The van der Waals surface area contributed by atoms with Crippen LogP contribution in [0.25, 0.3) is 0 Å². The standard InChI is InChI=1S/C16H28FN3O/c1-12(2)10-18-11-14-6-7-19-16(15(14)17)20(5)8-9-21-13(3)4/h6-7,12-13,18H,8-11H2,1-5H3. The minimum absolute atomic E-state index is 0.183. The molecule has 120 valence electrons. The zero-order chi connectivity index (χ0) is 15.8. The zero-order valence-electron chi connectivity index (χ0n) is 13.8. The summed E-state index contributed by atoms with van der Waals surface area (Å²) in [6.07, 6.45) is 1.84. The lowest BCUT2D eigenvalue weighted by Gasteiger charge is -2.20. The van der Waals surface area contributed by atoms with Crippen molar-refractivity contribution < 1.29 is 9.13 Å². The minimum Gasteiger partial charge on any atom is -0.377 e. The highest BCUT2D eigenvalue weighted by Gasteiger charge is 2.13. The molecule has 5 heteroatoms. The van der Waals surface area contributed by atoms with Gasteiger partial charge in [0.05, 0.1) is 12.7 Å². The van der Waals surface area contributed by atoms with Crippen LogP contribution in [0.2, 0.25) is 0 Å². The Morgan fingerprint density at radius 1 is 1.33 bits per heavy atom. The highest BCUT2D eigenvalue weighted by atomic mass is 19.1. The van der Waals surface area contributed by atoms with Gasteiger partial charge in [0.2, 0.25) is 0 Å². The number of pyridine rings is 1. The predicted octanol–water partition coefficient (Wildman–Crippen LogP) is 2.83. The molecule has 21 heavy (non-hydrogen) atoms. The van der Waals surface area contributed by atoms with E-state index in [9.17, 15) is 4.39 Å². The van der Waals surface area contributed by atoms with Crippen molar-refractivity contribution in [2.45, 2.75) is 40.3 Å². The van der Waals surface area contributed by atoms with Crippen molar-refractivity contribution in [1.29, 1.82) is 0 Å². The summed E-state index contributed by atoms with van der Waals surface area (Å²) in [6, 6.07) is 1.73. The van der Waals surface area contributed by atoms with Crippen molar-refractivity contribution in [3.05, 3.63) is 23.6 Å². The fourth-order valence-electron chi connectivity index (χ4n) is 1.90. The van der Waals surface area contributed by atoms with E-state index in [0.29, 0.717) is 37.0 Å². The molecule has 1 rings (SSSR count). The third-order valence-electron chi connectivity index (χ3n) is 3.06. The van der Waals surface area contributed by atoms with Gasteiger partial charge in [0.25, 0.3) is 0 Å². The van der Waals surface area contributed by atoms with Crippen LogP contribution in [0, 0.1) is 11.7 Å². The Kier molecular flexibility index (Phi) is 7.61. The number of nitrogens with one attached hydrogen (secondary N) is 1. The molecule has 1 N–H and O–H groups in total. The number of halogens is 1. The van der Waals surface area contributed by atoms with E-state index in [1.165, 1.54) is 0 Å². The van der Waals surface area contributed by atoms with Crippen LogP contribution in [0.5, 0.6) is 0 Å². The molecular weight excluding hydrogens is 269 g/mol. The molecule has 0 saturated heterocycles. The van der Waals surface area contributed by atoms with E-state index in [1.54, 1.807) is 17.2 Å². The van der Waals surface area contributed by atoms with Crippen LogP contribution in [0.1, 0.15) is 33.3 Å². The molecule has 0 amide bonds. The molecule has 0 aliphatic heterocycles. The van der Waals surface area contributed by atoms with Gasteiger partial charge in [-0.05, 0) is 32.4 Å². The monoisotopic (exact) mass is 297 g/mol. The van der Waals surface area contributed by atoms with Gasteiger partial charge in [-0.3, -0.25) is 0 Å². The van der Waals surface area contributed by atoms with E-state index in [4.69, 9.17) is 4.74 Å². The number of ether oxygens (including phenoxy) is 1. The highest BCUT2D eigenvalue weighted by Crippen LogP contribution is 2.18. The van der Waals surface area contributed by atoms with E-state index in [0.717, 1.165) is 6.54 Å². The van der Waals surface area contributed by atoms with Gasteiger partial charge in [0.1, 0.15) is 0 Å². The first-order valence-corrected chi connectivity index (χ1v) is 7.58. The third kappa shape index (κ3) is 6.40. The van der Waals surface area contributed by atoms with Crippen LogP contribution in [-0.4, -0.2) is 37.8 Å². The first-order chi connectivity index (χ1) is 9.91. The second-order valence-corrected chi connectivity index (χ2v) is 5.97. The number of rotatable bonds is 9. The fraction of sp³-hybridized carbons (Fsp3) is 0.688. The molecule has 0 radical (unpaired) electrons. The van der Waals surface area contributed by atoms with Crippen LogP contribution >= 0.6 is 0 Å². The summed E-state index contributed by atoms with van der Waals surface area (Å²) >= 11 is 0. The lowest BCUT2D eigenvalue weighted by molar-refractivity contribution is 0.0845. The number of anilines is 1. The molecule has 0 aromatic carbocycles. The smallest absolute Gasteiger partial charge is 0.170 e. The number of nitrogens with zero attached hydrogens (tertiary/aromatic N) is 2. The normalized spacial score (nSPS) is 11.4. The van der Waals surface area contributed by atoms with Gasteiger partial charge in [0, 0.05) is 31.9 Å². The summed E-state index contributed by atoms with van der Waals surface area (Å²) in [4.78, 5) is 5.94. The molecule has 0 aliphatic rings. The third-order valence-corrected chi connectivity index (χ3v) is 3.06. The van der Waals surface area contributed by atoms with Crippen molar-refractivity contribution in [2.24, 2.45) is 5.92 Å². The van der Waals surface area contributed by atoms with E-state index >= 15 is 0 Å². The average Bonchev–Trinajstić information content (AvgIpc) is 2.39. The van der Waals surface area contributed by atoms with E-state index in [1.807, 2.05) is 20.9 Å². The van der Waals surface area contributed by atoms with Gasteiger partial charge < -0.3 is 15.0 Å². The van der Waals surface area contributed by atoms with Crippen molar-refractivity contribution in [3.63, 3.8) is 0 Å². The van der Waals surface area contributed by atoms with E-state index in [-0.39, 0.29) is 11.9 Å². The predicted molar refractivity (Wildman–Crippen MR) is 85.1 cm³/mol. The molecule has 0 spiro atoms. The summed E-state index contributed by atoms with van der Waals surface area (Å²) in [5.74, 6) is 0.678. The Morgan fingerprint density at radius 2 is 2.05 bits per heavy atom. The summed E-state index contributed by atoms with van der Waals surface area (Å²) in [7, 11) is 1.83. The number of aromatic nitrogens is 1. The second-order valence-electron chi connectivity index (χ2n) is 5.97. The van der Waals surface area contributed by atoms with E-state index < -0.39 is 0 Å².